The summed E-state index contributed by atoms with van der Waals surface area (Å²) in [4.78, 5) is 0. The second-order valence-electron chi connectivity index (χ2n) is 3.82. The Bertz CT molecular complexity index is 486. The number of benzene rings is 1. The largest absolute Gasteiger partial charge is 0.319 e. The molecule has 16 heavy (non-hydrogen) atoms. The van der Waals surface area contributed by atoms with E-state index >= 15 is 0 Å². The first kappa shape index (κ1) is 11.3. The van der Waals surface area contributed by atoms with Gasteiger partial charge < -0.3 is 5.73 Å². The van der Waals surface area contributed by atoms with Crippen LogP contribution in [0, 0.1) is 6.92 Å². The molecule has 0 radical (unpaired) electrons. The molecular formula is C11H13BrN4. The molecule has 5 heteroatoms. The van der Waals surface area contributed by atoms with Gasteiger partial charge in [0.2, 0.25) is 0 Å². The van der Waals surface area contributed by atoms with Crippen LogP contribution in [0.25, 0.3) is 0 Å². The van der Waals surface area contributed by atoms with E-state index in [0.717, 1.165) is 15.7 Å². The Morgan fingerprint density at radius 2 is 2.12 bits per heavy atom. The summed E-state index contributed by atoms with van der Waals surface area (Å²) in [5, 5.41) is 7.72. The Morgan fingerprint density at radius 3 is 2.69 bits per heavy atom. The van der Waals surface area contributed by atoms with Gasteiger partial charge in [-0.05, 0) is 30.2 Å². The predicted molar refractivity (Wildman–Crippen MR) is 65.9 cm³/mol. The minimum absolute atomic E-state index is 0.198. The molecule has 0 amide bonds. The minimum atomic E-state index is -0.198. The topological polar surface area (TPSA) is 56.7 Å². The third kappa shape index (κ3) is 2.15. The minimum Gasteiger partial charge on any atom is -0.319 e. The Hall–Kier alpha value is -1.20. The second-order valence-corrected chi connectivity index (χ2v) is 4.74. The van der Waals surface area contributed by atoms with Crippen molar-refractivity contribution in [2.24, 2.45) is 12.8 Å². The Labute approximate surface area is 103 Å². The van der Waals surface area contributed by atoms with E-state index in [4.69, 9.17) is 5.73 Å². The van der Waals surface area contributed by atoms with Crippen LogP contribution in [0.2, 0.25) is 0 Å². The van der Waals surface area contributed by atoms with Gasteiger partial charge in [0.15, 0.2) is 0 Å². The highest BCUT2D eigenvalue weighted by Crippen LogP contribution is 2.23. The molecule has 1 aromatic heterocycles. The van der Waals surface area contributed by atoms with Crippen LogP contribution < -0.4 is 5.73 Å². The third-order valence-corrected chi connectivity index (χ3v) is 2.95. The fourth-order valence-corrected chi connectivity index (χ4v) is 2.32. The van der Waals surface area contributed by atoms with Gasteiger partial charge in [0.05, 0.1) is 17.9 Å². The summed E-state index contributed by atoms with van der Waals surface area (Å²) in [5.74, 6) is 0. The van der Waals surface area contributed by atoms with Gasteiger partial charge in [0.25, 0.3) is 0 Å². The Balaban J connectivity index is 2.41. The van der Waals surface area contributed by atoms with Gasteiger partial charge >= 0.3 is 0 Å². The summed E-state index contributed by atoms with van der Waals surface area (Å²) in [5.41, 5.74) is 9.31. The summed E-state index contributed by atoms with van der Waals surface area (Å²) in [6, 6.07) is 5.95. The van der Waals surface area contributed by atoms with Crippen LogP contribution in [0.5, 0.6) is 0 Å². The lowest BCUT2D eigenvalue weighted by Crippen LogP contribution is -2.16. The Kier molecular flexibility index (Phi) is 3.07. The molecule has 0 spiro atoms. The fourth-order valence-electron chi connectivity index (χ4n) is 1.69. The van der Waals surface area contributed by atoms with E-state index in [1.807, 2.05) is 20.0 Å². The lowest BCUT2D eigenvalue weighted by molar-refractivity contribution is 0.651. The average Bonchev–Trinajstić information content (AvgIpc) is 2.62. The highest BCUT2D eigenvalue weighted by Gasteiger charge is 2.13. The number of hydrogen-bond donors (Lipinski definition) is 1. The molecule has 0 saturated carbocycles. The van der Waals surface area contributed by atoms with Crippen molar-refractivity contribution in [2.45, 2.75) is 13.0 Å². The van der Waals surface area contributed by atoms with Crippen molar-refractivity contribution < 1.29 is 0 Å². The second kappa shape index (κ2) is 4.35. The zero-order valence-corrected chi connectivity index (χ0v) is 10.8. The van der Waals surface area contributed by atoms with Crippen LogP contribution in [0.3, 0.4) is 0 Å². The molecule has 4 nitrogen and oxygen atoms in total. The zero-order valence-electron chi connectivity index (χ0n) is 9.18. The van der Waals surface area contributed by atoms with E-state index in [0.29, 0.717) is 0 Å². The summed E-state index contributed by atoms with van der Waals surface area (Å²) >= 11 is 3.47. The van der Waals surface area contributed by atoms with Crippen molar-refractivity contribution in [3.63, 3.8) is 0 Å². The monoisotopic (exact) mass is 280 g/mol. The van der Waals surface area contributed by atoms with Gasteiger partial charge in [-0.2, -0.15) is 0 Å². The van der Waals surface area contributed by atoms with E-state index in [-0.39, 0.29) is 6.04 Å². The molecule has 1 unspecified atom stereocenters. The van der Waals surface area contributed by atoms with E-state index in [1.54, 1.807) is 10.9 Å². The normalized spacial score (nSPS) is 12.8. The number of hydrogen-bond acceptors (Lipinski definition) is 3. The molecule has 1 heterocycles. The maximum atomic E-state index is 6.18. The van der Waals surface area contributed by atoms with E-state index in [9.17, 15) is 0 Å². The molecule has 0 aliphatic heterocycles. The van der Waals surface area contributed by atoms with Gasteiger partial charge in [-0.25, -0.2) is 0 Å². The van der Waals surface area contributed by atoms with Crippen LogP contribution in [0.4, 0.5) is 0 Å². The lowest BCUT2D eigenvalue weighted by atomic mass is 10.0. The molecule has 2 N–H and O–H groups in total. The molecule has 0 saturated heterocycles. The van der Waals surface area contributed by atoms with Crippen LogP contribution >= 0.6 is 15.9 Å². The van der Waals surface area contributed by atoms with Crippen LogP contribution in [-0.2, 0) is 7.05 Å². The zero-order chi connectivity index (χ0) is 11.7. The quantitative estimate of drug-likeness (QED) is 0.915. The third-order valence-electron chi connectivity index (χ3n) is 2.49. The van der Waals surface area contributed by atoms with Crippen molar-refractivity contribution in [3.8, 4) is 0 Å². The molecule has 0 aliphatic carbocycles. The van der Waals surface area contributed by atoms with E-state index in [1.165, 1.54) is 5.56 Å². The van der Waals surface area contributed by atoms with Gasteiger partial charge in [-0.15, -0.1) is 5.10 Å². The predicted octanol–water partition coefficient (Wildman–Crippen LogP) is 1.93. The van der Waals surface area contributed by atoms with Crippen LogP contribution in [0.1, 0.15) is 22.9 Å². The molecule has 0 bridgehead atoms. The van der Waals surface area contributed by atoms with Crippen molar-refractivity contribution >= 4 is 15.9 Å². The standard InChI is InChI=1S/C11H13BrN4/c1-7-3-8(5-9(12)4-7)11(13)10-6-14-15-16(10)2/h3-6,11H,13H2,1-2H3. The first-order valence-corrected chi connectivity index (χ1v) is 5.74. The molecule has 2 rings (SSSR count). The summed E-state index contributed by atoms with van der Waals surface area (Å²) in [6.07, 6.45) is 1.70. The van der Waals surface area contributed by atoms with Crippen LogP contribution in [0.15, 0.2) is 28.9 Å². The fraction of sp³-hybridized carbons (Fsp3) is 0.273. The molecule has 1 atom stereocenters. The number of nitrogens with two attached hydrogens (primary N) is 1. The average molecular weight is 281 g/mol. The molecule has 2 aromatic rings. The summed E-state index contributed by atoms with van der Waals surface area (Å²) in [6.45, 7) is 2.04. The molecule has 0 aliphatic rings. The van der Waals surface area contributed by atoms with Crippen molar-refractivity contribution in [1.82, 2.24) is 15.0 Å². The van der Waals surface area contributed by atoms with Gasteiger partial charge in [0.1, 0.15) is 0 Å². The maximum Gasteiger partial charge on any atom is 0.0796 e. The highest BCUT2D eigenvalue weighted by atomic mass is 79.9. The lowest BCUT2D eigenvalue weighted by Gasteiger charge is -2.12. The summed E-state index contributed by atoms with van der Waals surface area (Å²) in [7, 11) is 1.84. The molecule has 0 fully saturated rings. The van der Waals surface area contributed by atoms with Crippen LogP contribution in [-0.4, -0.2) is 15.0 Å². The molecule has 1 aromatic carbocycles. The number of nitrogens with zero attached hydrogens (tertiary/aromatic N) is 3. The number of rotatable bonds is 2. The highest BCUT2D eigenvalue weighted by molar-refractivity contribution is 9.10. The van der Waals surface area contributed by atoms with Gasteiger partial charge in [-0.3, -0.25) is 4.68 Å². The van der Waals surface area contributed by atoms with Crippen molar-refractivity contribution in [3.05, 3.63) is 45.7 Å². The Morgan fingerprint density at radius 1 is 1.38 bits per heavy atom. The van der Waals surface area contributed by atoms with E-state index < -0.39 is 0 Å². The number of halogens is 1. The maximum absolute atomic E-state index is 6.18. The van der Waals surface area contributed by atoms with Gasteiger partial charge in [0, 0.05) is 11.5 Å². The first-order valence-electron chi connectivity index (χ1n) is 4.95. The molecule has 84 valence electrons. The SMILES string of the molecule is Cc1cc(Br)cc(C(N)c2cnnn2C)c1. The smallest absolute Gasteiger partial charge is 0.0796 e. The summed E-state index contributed by atoms with van der Waals surface area (Å²) < 4.78 is 2.73. The molecular weight excluding hydrogens is 268 g/mol. The van der Waals surface area contributed by atoms with Crippen molar-refractivity contribution in [2.75, 3.05) is 0 Å². The number of aromatic nitrogens is 3. The number of aryl methyl sites for hydroxylation is 2. The first-order chi connectivity index (χ1) is 7.58. The van der Waals surface area contributed by atoms with Gasteiger partial charge in [-0.1, -0.05) is 27.2 Å². The van der Waals surface area contributed by atoms with E-state index in [2.05, 4.69) is 38.4 Å². The van der Waals surface area contributed by atoms with Crippen molar-refractivity contribution in [1.29, 1.82) is 0 Å².